The summed E-state index contributed by atoms with van der Waals surface area (Å²) in [5, 5.41) is 9.74. The Bertz CT molecular complexity index is 1050. The van der Waals surface area contributed by atoms with Gasteiger partial charge in [0.2, 0.25) is 0 Å². The molecule has 2 aromatic heterocycles. The second-order valence-electron chi connectivity index (χ2n) is 6.61. The number of benzene rings is 1. The van der Waals surface area contributed by atoms with E-state index in [-0.39, 0.29) is 35.7 Å². The number of halogens is 2. The van der Waals surface area contributed by atoms with Crippen LogP contribution in [-0.2, 0) is 6.54 Å². The summed E-state index contributed by atoms with van der Waals surface area (Å²) in [4.78, 5) is 28.6. The molecular weight excluding hydrogens is 488 g/mol. The Morgan fingerprint density at radius 1 is 1.17 bits per heavy atom. The Morgan fingerprint density at radius 2 is 1.90 bits per heavy atom. The lowest BCUT2D eigenvalue weighted by Crippen LogP contribution is -2.31. The summed E-state index contributed by atoms with van der Waals surface area (Å²) in [6.45, 7) is 3.93. The zero-order valence-corrected chi connectivity index (χ0v) is 18.0. The monoisotopic (exact) mass is 507 g/mol. The second-order valence-corrected chi connectivity index (χ2v) is 7.77. The number of aromatic nitrogens is 3. The van der Waals surface area contributed by atoms with Crippen molar-refractivity contribution in [3.8, 4) is 5.69 Å². The van der Waals surface area contributed by atoms with Crippen LogP contribution in [0.15, 0.2) is 48.8 Å². The topological polar surface area (TPSA) is 88.9 Å². The van der Waals surface area contributed by atoms with Crippen LogP contribution >= 0.6 is 22.6 Å². The molecule has 0 unspecified atom stereocenters. The molecule has 2 heterocycles. The van der Waals surface area contributed by atoms with Crippen molar-refractivity contribution in [2.24, 2.45) is 0 Å². The summed E-state index contributed by atoms with van der Waals surface area (Å²) in [6.07, 6.45) is 3.37. The van der Waals surface area contributed by atoms with Crippen LogP contribution in [0.3, 0.4) is 0 Å². The van der Waals surface area contributed by atoms with E-state index in [1.165, 1.54) is 6.07 Å². The fourth-order valence-corrected chi connectivity index (χ4v) is 3.02. The van der Waals surface area contributed by atoms with Gasteiger partial charge in [0.05, 0.1) is 15.5 Å². The van der Waals surface area contributed by atoms with Gasteiger partial charge in [-0.1, -0.05) is 6.07 Å². The minimum Gasteiger partial charge on any atom is -0.349 e. The summed E-state index contributed by atoms with van der Waals surface area (Å²) in [7, 11) is 0. The third kappa shape index (κ3) is 5.37. The average molecular weight is 507 g/mol. The van der Waals surface area contributed by atoms with Crippen molar-refractivity contribution < 1.29 is 14.0 Å². The van der Waals surface area contributed by atoms with E-state index in [9.17, 15) is 14.0 Å². The zero-order valence-electron chi connectivity index (χ0n) is 15.8. The van der Waals surface area contributed by atoms with Gasteiger partial charge in [0, 0.05) is 24.3 Å². The summed E-state index contributed by atoms with van der Waals surface area (Å²) >= 11 is 1.92. The van der Waals surface area contributed by atoms with E-state index in [4.69, 9.17) is 0 Å². The first kappa shape index (κ1) is 20.9. The number of amides is 2. The number of carbonyl (C=O) groups excluding carboxylic acids is 2. The van der Waals surface area contributed by atoms with Crippen molar-refractivity contribution in [1.82, 2.24) is 25.4 Å². The normalized spacial score (nSPS) is 10.8. The van der Waals surface area contributed by atoms with Crippen molar-refractivity contribution in [1.29, 1.82) is 0 Å². The summed E-state index contributed by atoms with van der Waals surface area (Å²) < 4.78 is 15.5. The summed E-state index contributed by atoms with van der Waals surface area (Å²) in [5.41, 5.74) is 1.83. The number of hydrogen-bond acceptors (Lipinski definition) is 4. The van der Waals surface area contributed by atoms with E-state index in [2.05, 4.69) is 20.7 Å². The Morgan fingerprint density at radius 3 is 2.59 bits per heavy atom. The average Bonchev–Trinajstić information content (AvgIpc) is 3.17. The molecule has 0 bridgehead atoms. The highest BCUT2D eigenvalue weighted by Crippen LogP contribution is 2.16. The molecule has 7 nitrogen and oxygen atoms in total. The van der Waals surface area contributed by atoms with Crippen molar-refractivity contribution in [2.45, 2.75) is 26.4 Å². The highest BCUT2D eigenvalue weighted by molar-refractivity contribution is 14.1. The lowest BCUT2D eigenvalue weighted by atomic mass is 10.2. The summed E-state index contributed by atoms with van der Waals surface area (Å²) in [6, 6.07) is 9.39. The smallest absolute Gasteiger partial charge is 0.270 e. The fraction of sp³-hybridized carbons (Fsp3) is 0.200. The maximum atomic E-state index is 13.4. The molecule has 1 aromatic carbocycles. The molecule has 0 saturated carbocycles. The van der Waals surface area contributed by atoms with Crippen LogP contribution in [0, 0.1) is 9.39 Å². The zero-order chi connectivity index (χ0) is 21.0. The van der Waals surface area contributed by atoms with Crippen LogP contribution in [0.2, 0.25) is 0 Å². The van der Waals surface area contributed by atoms with Crippen molar-refractivity contribution in [2.75, 3.05) is 0 Å². The molecule has 0 atom stereocenters. The Labute approximate surface area is 180 Å². The highest BCUT2D eigenvalue weighted by Gasteiger charge is 2.13. The van der Waals surface area contributed by atoms with Gasteiger partial charge in [-0.25, -0.2) is 14.1 Å². The quantitative estimate of drug-likeness (QED) is 0.503. The predicted octanol–water partition coefficient (Wildman–Crippen LogP) is 3.08. The Hall–Kier alpha value is -2.82. The molecule has 3 aromatic rings. The van der Waals surface area contributed by atoms with Gasteiger partial charge in [-0.2, -0.15) is 5.10 Å². The van der Waals surface area contributed by atoms with E-state index in [0.717, 1.165) is 11.3 Å². The van der Waals surface area contributed by atoms with Gasteiger partial charge in [-0.3, -0.25) is 9.59 Å². The van der Waals surface area contributed by atoms with Crippen LogP contribution in [0.1, 0.15) is 40.4 Å². The number of nitrogens with zero attached hydrogens (tertiary/aromatic N) is 3. The van der Waals surface area contributed by atoms with E-state index in [1.807, 2.05) is 36.4 Å². The minimum atomic E-state index is -0.395. The Kier molecular flexibility index (Phi) is 6.57. The first-order chi connectivity index (χ1) is 13.8. The van der Waals surface area contributed by atoms with Gasteiger partial charge in [-0.15, -0.1) is 0 Å². The molecule has 0 saturated heterocycles. The molecule has 0 aliphatic heterocycles. The van der Waals surface area contributed by atoms with Crippen molar-refractivity contribution in [3.63, 3.8) is 0 Å². The van der Waals surface area contributed by atoms with Crippen LogP contribution in [0.4, 0.5) is 4.39 Å². The van der Waals surface area contributed by atoms with E-state index < -0.39 is 5.91 Å². The summed E-state index contributed by atoms with van der Waals surface area (Å²) in [5.74, 6) is -1.01. The number of carbonyl (C=O) groups is 2. The third-order valence-electron chi connectivity index (χ3n) is 3.89. The first-order valence-electron chi connectivity index (χ1n) is 8.88. The number of pyridine rings is 1. The highest BCUT2D eigenvalue weighted by atomic mass is 127. The minimum absolute atomic E-state index is 0.0253. The molecule has 3 rings (SSSR count). The lowest BCUT2D eigenvalue weighted by molar-refractivity contribution is 0.0936. The molecule has 29 heavy (non-hydrogen) atoms. The van der Waals surface area contributed by atoms with E-state index >= 15 is 0 Å². The fourth-order valence-electron chi connectivity index (χ4n) is 2.52. The van der Waals surface area contributed by atoms with Gasteiger partial charge in [0.15, 0.2) is 0 Å². The maximum absolute atomic E-state index is 13.4. The molecule has 2 N–H and O–H groups in total. The van der Waals surface area contributed by atoms with Crippen molar-refractivity contribution >= 4 is 34.4 Å². The van der Waals surface area contributed by atoms with Crippen LogP contribution in [0.5, 0.6) is 0 Å². The van der Waals surface area contributed by atoms with E-state index in [1.54, 1.807) is 47.4 Å². The molecule has 0 spiro atoms. The predicted molar refractivity (Wildman–Crippen MR) is 114 cm³/mol. The standard InChI is InChI=1S/C20H19FIN5O2/c1-12(2)25-20(29)18-5-3-4-17(26-18)19(28)23-9-13-10-24-27(11-13)14-6-7-15(21)16(22)8-14/h3-8,10-12H,9H2,1-2H3,(H,23,28)(H,25,29). The van der Waals surface area contributed by atoms with Crippen LogP contribution < -0.4 is 10.6 Å². The van der Waals surface area contributed by atoms with Crippen LogP contribution in [-0.4, -0.2) is 32.6 Å². The second kappa shape index (κ2) is 9.12. The third-order valence-corrected chi connectivity index (χ3v) is 4.72. The van der Waals surface area contributed by atoms with E-state index in [0.29, 0.717) is 3.57 Å². The molecule has 0 aliphatic carbocycles. The van der Waals surface area contributed by atoms with Gasteiger partial charge < -0.3 is 10.6 Å². The molecule has 0 fully saturated rings. The number of nitrogens with one attached hydrogen (secondary N) is 2. The van der Waals surface area contributed by atoms with Gasteiger partial charge in [0.25, 0.3) is 11.8 Å². The molecule has 9 heteroatoms. The van der Waals surface area contributed by atoms with Gasteiger partial charge >= 0.3 is 0 Å². The Balaban J connectivity index is 1.65. The molecule has 2 amide bonds. The molecule has 150 valence electrons. The van der Waals surface area contributed by atoms with Gasteiger partial charge in [0.1, 0.15) is 17.2 Å². The SMILES string of the molecule is CC(C)NC(=O)c1cccc(C(=O)NCc2cnn(-c3ccc(F)c(I)c3)c2)n1. The molecule has 0 radical (unpaired) electrons. The largest absolute Gasteiger partial charge is 0.349 e. The number of rotatable bonds is 6. The first-order valence-corrected chi connectivity index (χ1v) is 9.96. The number of hydrogen-bond donors (Lipinski definition) is 2. The molecular formula is C20H19FIN5O2. The van der Waals surface area contributed by atoms with Crippen LogP contribution in [0.25, 0.3) is 5.69 Å². The van der Waals surface area contributed by atoms with Crippen molar-refractivity contribution in [3.05, 3.63) is 75.1 Å². The lowest BCUT2D eigenvalue weighted by Gasteiger charge is -2.08. The maximum Gasteiger partial charge on any atom is 0.270 e. The molecule has 0 aliphatic rings. The van der Waals surface area contributed by atoms with Gasteiger partial charge in [-0.05, 0) is 66.8 Å².